The summed E-state index contributed by atoms with van der Waals surface area (Å²) >= 11 is 0. The first kappa shape index (κ1) is 7.91. The van der Waals surface area contributed by atoms with Crippen LogP contribution in [0.1, 0.15) is 18.4 Å². The van der Waals surface area contributed by atoms with Gasteiger partial charge in [-0.15, -0.1) is 0 Å². The van der Waals surface area contributed by atoms with Gasteiger partial charge in [0.1, 0.15) is 11.6 Å². The van der Waals surface area contributed by atoms with E-state index in [2.05, 4.69) is 5.32 Å². The molecular formula is C10H7F2NO. The summed E-state index contributed by atoms with van der Waals surface area (Å²) < 4.78 is 26.3. The summed E-state index contributed by atoms with van der Waals surface area (Å²) in [6, 6.07) is 2.00. The summed E-state index contributed by atoms with van der Waals surface area (Å²) in [5.74, 6) is -1.47. The van der Waals surface area contributed by atoms with Gasteiger partial charge in [-0.05, 0) is 18.9 Å². The minimum Gasteiger partial charge on any atom is -0.325 e. The lowest BCUT2D eigenvalue weighted by atomic mass is 9.97. The van der Waals surface area contributed by atoms with Gasteiger partial charge in [-0.2, -0.15) is 0 Å². The van der Waals surface area contributed by atoms with Crippen molar-refractivity contribution in [3.8, 4) is 0 Å². The van der Waals surface area contributed by atoms with Gasteiger partial charge in [0, 0.05) is 11.6 Å². The number of carbonyl (C=O) groups is 1. The third-order valence-corrected chi connectivity index (χ3v) is 2.97. The number of carbonyl (C=O) groups excluding carboxylic acids is 1. The first-order valence-electron chi connectivity index (χ1n) is 4.44. The van der Waals surface area contributed by atoms with E-state index in [-0.39, 0.29) is 5.91 Å². The number of benzene rings is 1. The molecule has 1 heterocycles. The smallest absolute Gasteiger partial charge is 0.235 e. The molecule has 0 bridgehead atoms. The molecule has 1 aliphatic carbocycles. The van der Waals surface area contributed by atoms with Crippen molar-refractivity contribution < 1.29 is 13.6 Å². The first-order chi connectivity index (χ1) is 6.63. The van der Waals surface area contributed by atoms with Crippen LogP contribution in [0.4, 0.5) is 14.5 Å². The molecule has 2 nitrogen and oxygen atoms in total. The third kappa shape index (κ3) is 0.761. The van der Waals surface area contributed by atoms with E-state index in [1.165, 1.54) is 6.07 Å². The number of rotatable bonds is 0. The van der Waals surface area contributed by atoms with E-state index in [0.29, 0.717) is 24.1 Å². The molecular weight excluding hydrogens is 188 g/mol. The number of amides is 1. The maximum Gasteiger partial charge on any atom is 0.235 e. The molecule has 4 heteroatoms. The van der Waals surface area contributed by atoms with Gasteiger partial charge in [-0.1, -0.05) is 0 Å². The van der Waals surface area contributed by atoms with Crippen LogP contribution in [0.5, 0.6) is 0 Å². The van der Waals surface area contributed by atoms with Crippen LogP contribution in [0.15, 0.2) is 12.1 Å². The summed E-state index contributed by atoms with van der Waals surface area (Å²) in [5.41, 5.74) is -0.0264. The number of halogens is 2. The molecule has 1 aromatic rings. The molecule has 0 saturated heterocycles. The zero-order chi connectivity index (χ0) is 9.92. The highest BCUT2D eigenvalue weighted by molar-refractivity contribution is 6.08. The SMILES string of the molecule is O=C1Nc2cc(F)cc(F)c2C12CC2. The number of fused-ring (bicyclic) bond motifs is 2. The lowest BCUT2D eigenvalue weighted by molar-refractivity contribution is -0.117. The van der Waals surface area contributed by atoms with Gasteiger partial charge in [-0.25, -0.2) is 8.78 Å². The quantitative estimate of drug-likeness (QED) is 0.673. The molecule has 1 aromatic carbocycles. The van der Waals surface area contributed by atoms with Crippen molar-refractivity contribution in [3.05, 3.63) is 29.3 Å². The highest BCUT2D eigenvalue weighted by Crippen LogP contribution is 2.55. The zero-order valence-electron chi connectivity index (χ0n) is 7.23. The van der Waals surface area contributed by atoms with Crippen molar-refractivity contribution in [2.24, 2.45) is 0 Å². The molecule has 14 heavy (non-hydrogen) atoms. The first-order valence-corrected chi connectivity index (χ1v) is 4.44. The maximum absolute atomic E-state index is 13.4. The van der Waals surface area contributed by atoms with E-state index in [1.807, 2.05) is 0 Å². The fourth-order valence-electron chi connectivity index (χ4n) is 2.12. The third-order valence-electron chi connectivity index (χ3n) is 2.97. The Labute approximate surface area is 78.9 Å². The van der Waals surface area contributed by atoms with Gasteiger partial charge >= 0.3 is 0 Å². The lowest BCUT2D eigenvalue weighted by Gasteiger charge is -2.04. The molecule has 1 amide bonds. The molecule has 0 radical (unpaired) electrons. The van der Waals surface area contributed by atoms with E-state index in [9.17, 15) is 13.6 Å². The summed E-state index contributed by atoms with van der Waals surface area (Å²) in [6.45, 7) is 0. The molecule has 1 N–H and O–H groups in total. The topological polar surface area (TPSA) is 29.1 Å². The van der Waals surface area contributed by atoms with Crippen molar-refractivity contribution in [3.63, 3.8) is 0 Å². The van der Waals surface area contributed by atoms with Crippen LogP contribution in [0.3, 0.4) is 0 Å². The molecule has 72 valence electrons. The molecule has 1 fully saturated rings. The maximum atomic E-state index is 13.4. The van der Waals surface area contributed by atoms with Crippen LogP contribution < -0.4 is 5.32 Å². The predicted octanol–water partition coefficient (Wildman–Crippen LogP) is 1.95. The minimum atomic E-state index is -0.673. The summed E-state index contributed by atoms with van der Waals surface area (Å²) in [7, 11) is 0. The number of hydrogen-bond donors (Lipinski definition) is 1. The normalized spacial score (nSPS) is 20.9. The number of nitrogens with one attached hydrogen (secondary N) is 1. The van der Waals surface area contributed by atoms with Crippen LogP contribution in [0.2, 0.25) is 0 Å². The van der Waals surface area contributed by atoms with Gasteiger partial charge in [0.15, 0.2) is 0 Å². The van der Waals surface area contributed by atoms with E-state index >= 15 is 0 Å². The van der Waals surface area contributed by atoms with E-state index < -0.39 is 17.0 Å². The summed E-state index contributed by atoms with van der Waals surface area (Å²) in [5, 5.41) is 2.51. The minimum absolute atomic E-state index is 0.197. The van der Waals surface area contributed by atoms with Crippen LogP contribution in [0, 0.1) is 11.6 Å². The van der Waals surface area contributed by atoms with Crippen molar-refractivity contribution in [1.29, 1.82) is 0 Å². The number of anilines is 1. The lowest BCUT2D eigenvalue weighted by Crippen LogP contribution is -2.19. The fraction of sp³-hybridized carbons (Fsp3) is 0.300. The fourth-order valence-corrected chi connectivity index (χ4v) is 2.12. The molecule has 0 unspecified atom stereocenters. The second-order valence-corrected chi connectivity index (χ2v) is 3.85. The van der Waals surface area contributed by atoms with Crippen LogP contribution >= 0.6 is 0 Å². The van der Waals surface area contributed by atoms with Crippen LogP contribution in [0.25, 0.3) is 0 Å². The van der Waals surface area contributed by atoms with E-state index in [1.54, 1.807) is 0 Å². The Balaban J connectivity index is 2.28. The Morgan fingerprint density at radius 2 is 2.00 bits per heavy atom. The molecule has 0 aromatic heterocycles. The second-order valence-electron chi connectivity index (χ2n) is 3.85. The van der Waals surface area contributed by atoms with Gasteiger partial charge in [0.2, 0.25) is 5.91 Å². The van der Waals surface area contributed by atoms with E-state index in [4.69, 9.17) is 0 Å². The van der Waals surface area contributed by atoms with Crippen molar-refractivity contribution >= 4 is 11.6 Å². The molecule has 1 saturated carbocycles. The van der Waals surface area contributed by atoms with Gasteiger partial charge in [0.25, 0.3) is 0 Å². The molecule has 2 aliphatic rings. The van der Waals surface area contributed by atoms with Gasteiger partial charge in [0.05, 0.1) is 11.1 Å². The Morgan fingerprint density at radius 3 is 2.64 bits per heavy atom. The molecule has 0 atom stereocenters. The highest BCUT2D eigenvalue weighted by atomic mass is 19.1. The predicted molar refractivity (Wildman–Crippen MR) is 45.9 cm³/mol. The Kier molecular flexibility index (Phi) is 1.20. The largest absolute Gasteiger partial charge is 0.325 e. The van der Waals surface area contributed by atoms with Gasteiger partial charge < -0.3 is 5.32 Å². The Hall–Kier alpha value is -1.45. The molecule has 1 aliphatic heterocycles. The van der Waals surface area contributed by atoms with Gasteiger partial charge in [-0.3, -0.25) is 4.79 Å². The monoisotopic (exact) mass is 195 g/mol. The van der Waals surface area contributed by atoms with Crippen molar-refractivity contribution in [1.82, 2.24) is 0 Å². The van der Waals surface area contributed by atoms with Crippen molar-refractivity contribution in [2.75, 3.05) is 5.32 Å². The summed E-state index contributed by atoms with van der Waals surface area (Å²) in [6.07, 6.45) is 1.32. The Bertz CT molecular complexity index is 452. The van der Waals surface area contributed by atoms with Crippen LogP contribution in [-0.2, 0) is 10.2 Å². The Morgan fingerprint density at radius 1 is 1.29 bits per heavy atom. The summed E-state index contributed by atoms with van der Waals surface area (Å²) in [4.78, 5) is 11.5. The number of hydrogen-bond acceptors (Lipinski definition) is 1. The average Bonchev–Trinajstić information content (AvgIpc) is 2.78. The molecule has 1 spiro atoms. The van der Waals surface area contributed by atoms with Crippen LogP contribution in [-0.4, -0.2) is 5.91 Å². The van der Waals surface area contributed by atoms with E-state index in [0.717, 1.165) is 6.07 Å². The zero-order valence-corrected chi connectivity index (χ0v) is 7.23. The average molecular weight is 195 g/mol. The molecule has 3 rings (SSSR count). The highest BCUT2D eigenvalue weighted by Gasteiger charge is 2.57. The van der Waals surface area contributed by atoms with Crippen molar-refractivity contribution in [2.45, 2.75) is 18.3 Å². The standard InChI is InChI=1S/C10H7F2NO/c11-5-3-6(12)8-7(4-5)13-9(14)10(8)1-2-10/h3-4H,1-2H2,(H,13,14). The second kappa shape index (κ2) is 2.13.